The second-order valence-electron chi connectivity index (χ2n) is 7.08. The molecule has 0 spiro atoms. The lowest BCUT2D eigenvalue weighted by Crippen LogP contribution is -2.40. The quantitative estimate of drug-likeness (QED) is 0.431. The van der Waals surface area contributed by atoms with Crippen molar-refractivity contribution in [1.82, 2.24) is 9.13 Å². The Labute approximate surface area is 183 Å². The van der Waals surface area contributed by atoms with Crippen LogP contribution in [0.5, 0.6) is 11.6 Å². The molecule has 0 aliphatic carbocycles. The molecule has 1 unspecified atom stereocenters. The lowest BCUT2D eigenvalue weighted by molar-refractivity contribution is 0.399. The van der Waals surface area contributed by atoms with Gasteiger partial charge in [-0.2, -0.15) is 0 Å². The molecule has 2 aromatic carbocycles. The van der Waals surface area contributed by atoms with Crippen molar-refractivity contribution in [2.24, 2.45) is 14.1 Å². The summed E-state index contributed by atoms with van der Waals surface area (Å²) in [5.41, 5.74) is -2.23. The van der Waals surface area contributed by atoms with Crippen molar-refractivity contribution in [2.45, 2.75) is 5.92 Å². The molecule has 0 aliphatic rings. The van der Waals surface area contributed by atoms with Gasteiger partial charge in [-0.1, -0.05) is 40.2 Å². The molecule has 0 aliphatic heterocycles. The van der Waals surface area contributed by atoms with Gasteiger partial charge < -0.3 is 14.6 Å². The van der Waals surface area contributed by atoms with E-state index in [1.165, 1.54) is 20.2 Å². The highest BCUT2D eigenvalue weighted by Crippen LogP contribution is 2.39. The maximum Gasteiger partial charge on any atom is 0.344 e. The van der Waals surface area contributed by atoms with Crippen LogP contribution in [0, 0.1) is 0 Å². The predicted octanol–water partition coefficient (Wildman–Crippen LogP) is 2.54. The van der Waals surface area contributed by atoms with Gasteiger partial charge in [0, 0.05) is 18.6 Å². The smallest absolute Gasteiger partial charge is 0.344 e. The van der Waals surface area contributed by atoms with E-state index in [-0.39, 0.29) is 27.8 Å². The number of hydrogen-bond donors (Lipinski definition) is 2. The molecule has 1 atom stereocenters. The zero-order chi connectivity index (χ0) is 22.4. The summed E-state index contributed by atoms with van der Waals surface area (Å²) in [6, 6.07) is 13.2. The highest BCUT2D eigenvalue weighted by Gasteiger charge is 2.32. The third kappa shape index (κ3) is 3.27. The van der Waals surface area contributed by atoms with E-state index in [1.54, 1.807) is 42.5 Å². The largest absolute Gasteiger partial charge is 0.507 e. The number of rotatable bonds is 3. The Hall–Kier alpha value is -3.59. The van der Waals surface area contributed by atoms with Crippen molar-refractivity contribution < 1.29 is 14.6 Å². The average molecular weight is 485 g/mol. The summed E-state index contributed by atoms with van der Waals surface area (Å²) >= 11 is 3.36. The van der Waals surface area contributed by atoms with E-state index in [2.05, 4.69) is 15.9 Å². The molecule has 8 nitrogen and oxygen atoms in total. The van der Waals surface area contributed by atoms with Gasteiger partial charge >= 0.3 is 11.3 Å². The van der Waals surface area contributed by atoms with Crippen molar-refractivity contribution in [2.75, 3.05) is 0 Å². The monoisotopic (exact) mass is 484 g/mol. The molecule has 4 rings (SSSR count). The maximum atomic E-state index is 13.1. The lowest BCUT2D eigenvalue weighted by atomic mass is 9.85. The molecular formula is C22H17BrN2O6. The first-order chi connectivity index (χ1) is 14.7. The fourth-order valence-corrected chi connectivity index (χ4v) is 4.10. The highest BCUT2D eigenvalue weighted by molar-refractivity contribution is 9.10. The van der Waals surface area contributed by atoms with Gasteiger partial charge in [0.25, 0.3) is 5.56 Å². The van der Waals surface area contributed by atoms with Crippen LogP contribution in [0.3, 0.4) is 0 Å². The minimum atomic E-state index is -1.20. The van der Waals surface area contributed by atoms with Gasteiger partial charge in [-0.15, -0.1) is 0 Å². The Morgan fingerprint density at radius 2 is 1.65 bits per heavy atom. The Balaban J connectivity index is 2.19. The second-order valence-corrected chi connectivity index (χ2v) is 7.99. The molecule has 9 heteroatoms. The summed E-state index contributed by atoms with van der Waals surface area (Å²) < 4.78 is 7.80. The van der Waals surface area contributed by atoms with Gasteiger partial charge in [0.15, 0.2) is 0 Å². The van der Waals surface area contributed by atoms with E-state index in [9.17, 15) is 24.6 Å². The maximum absolute atomic E-state index is 13.1. The number of aromatic nitrogens is 2. The van der Waals surface area contributed by atoms with E-state index in [4.69, 9.17) is 4.42 Å². The van der Waals surface area contributed by atoms with Gasteiger partial charge in [0.05, 0.1) is 22.4 Å². The average Bonchev–Trinajstić information content (AvgIpc) is 2.75. The van der Waals surface area contributed by atoms with Gasteiger partial charge in [-0.3, -0.25) is 13.9 Å². The highest BCUT2D eigenvalue weighted by atomic mass is 79.9. The molecule has 31 heavy (non-hydrogen) atoms. The zero-order valence-corrected chi connectivity index (χ0v) is 18.1. The van der Waals surface area contributed by atoms with Crippen LogP contribution in [0.1, 0.15) is 22.6 Å². The van der Waals surface area contributed by atoms with E-state index in [1.807, 2.05) is 0 Å². The summed E-state index contributed by atoms with van der Waals surface area (Å²) in [7, 11) is 2.58. The summed E-state index contributed by atoms with van der Waals surface area (Å²) in [5, 5.41) is 22.1. The zero-order valence-electron chi connectivity index (χ0n) is 16.5. The third-order valence-corrected chi connectivity index (χ3v) is 5.74. The fraction of sp³-hybridized carbons (Fsp3) is 0.136. The number of nitrogens with zero attached hydrogens (tertiary/aromatic N) is 2. The van der Waals surface area contributed by atoms with Crippen LogP contribution in [0.15, 0.2) is 71.8 Å². The van der Waals surface area contributed by atoms with Crippen molar-refractivity contribution in [3.05, 3.63) is 101 Å². The van der Waals surface area contributed by atoms with E-state index < -0.39 is 28.7 Å². The second kappa shape index (κ2) is 7.59. The van der Waals surface area contributed by atoms with Gasteiger partial charge in [0.2, 0.25) is 5.88 Å². The molecule has 0 saturated heterocycles. The topological polar surface area (TPSA) is 115 Å². The first kappa shape index (κ1) is 20.7. The summed E-state index contributed by atoms with van der Waals surface area (Å²) in [6.07, 6.45) is 0. The minimum Gasteiger partial charge on any atom is -0.507 e. The molecule has 2 heterocycles. The first-order valence-corrected chi connectivity index (χ1v) is 10.0. The first-order valence-electron chi connectivity index (χ1n) is 9.21. The molecule has 0 bridgehead atoms. The number of aromatic hydroxyl groups is 2. The summed E-state index contributed by atoms with van der Waals surface area (Å²) in [5.74, 6) is -2.18. The Bertz CT molecular complexity index is 1520. The molecule has 2 N–H and O–H groups in total. The van der Waals surface area contributed by atoms with Crippen molar-refractivity contribution in [1.29, 1.82) is 0 Å². The van der Waals surface area contributed by atoms with Gasteiger partial charge in [-0.05, 0) is 29.8 Å². The van der Waals surface area contributed by atoms with E-state index in [0.717, 1.165) is 9.13 Å². The van der Waals surface area contributed by atoms with Crippen LogP contribution in [0.25, 0.3) is 11.0 Å². The number of para-hydroxylation sites is 1. The Kier molecular flexibility index (Phi) is 5.06. The van der Waals surface area contributed by atoms with Crippen LogP contribution >= 0.6 is 15.9 Å². The van der Waals surface area contributed by atoms with Crippen molar-refractivity contribution >= 4 is 26.9 Å². The molecule has 0 radical (unpaired) electrons. The molecular weight excluding hydrogens is 468 g/mol. The number of hydrogen-bond acceptors (Lipinski definition) is 6. The number of halogens is 1. The van der Waals surface area contributed by atoms with Gasteiger partial charge in [-0.25, -0.2) is 9.59 Å². The normalized spacial score (nSPS) is 12.2. The molecule has 158 valence electrons. The SMILES string of the molecule is Cn1c(O)c(C(c2cccc(Br)c2)c2c(O)c3ccccc3oc2=O)c(=O)n(C)c1=O. The molecule has 2 aromatic heterocycles. The van der Waals surface area contributed by atoms with Gasteiger partial charge in [0.1, 0.15) is 11.3 Å². The number of benzene rings is 2. The Morgan fingerprint density at radius 3 is 2.35 bits per heavy atom. The van der Waals surface area contributed by atoms with Crippen LogP contribution in [0.2, 0.25) is 0 Å². The van der Waals surface area contributed by atoms with Crippen molar-refractivity contribution in [3.63, 3.8) is 0 Å². The Morgan fingerprint density at radius 1 is 0.935 bits per heavy atom. The number of fused-ring (bicyclic) bond motifs is 1. The van der Waals surface area contributed by atoms with Crippen LogP contribution in [0.4, 0.5) is 0 Å². The minimum absolute atomic E-state index is 0.180. The summed E-state index contributed by atoms with van der Waals surface area (Å²) in [6.45, 7) is 0. The molecule has 4 aromatic rings. The lowest BCUT2D eigenvalue weighted by Gasteiger charge is -2.21. The summed E-state index contributed by atoms with van der Waals surface area (Å²) in [4.78, 5) is 38.3. The predicted molar refractivity (Wildman–Crippen MR) is 118 cm³/mol. The molecule has 0 fully saturated rings. The van der Waals surface area contributed by atoms with Crippen LogP contribution in [-0.4, -0.2) is 19.3 Å². The fourth-order valence-electron chi connectivity index (χ4n) is 3.68. The molecule has 0 saturated carbocycles. The molecule has 0 amide bonds. The van der Waals surface area contributed by atoms with Crippen LogP contribution in [-0.2, 0) is 14.1 Å². The van der Waals surface area contributed by atoms with Crippen LogP contribution < -0.4 is 16.9 Å². The van der Waals surface area contributed by atoms with E-state index >= 15 is 0 Å². The van der Waals surface area contributed by atoms with Crippen molar-refractivity contribution in [3.8, 4) is 11.6 Å². The van der Waals surface area contributed by atoms with E-state index in [0.29, 0.717) is 10.0 Å². The third-order valence-electron chi connectivity index (χ3n) is 5.25. The standard InChI is InChI=1S/C22H17BrN2O6/c1-24-19(27)17(20(28)25(2)22(24)30)15(11-6-5-7-12(23)10-11)16-18(26)13-8-3-4-9-14(13)31-21(16)29/h3-10,15,26-27H,1-2H3.